The Kier molecular flexibility index (Phi) is 6.37. The van der Waals surface area contributed by atoms with Crippen molar-refractivity contribution in [2.24, 2.45) is 0 Å². The van der Waals surface area contributed by atoms with Crippen molar-refractivity contribution in [2.45, 2.75) is 58.3 Å². The van der Waals surface area contributed by atoms with Crippen molar-refractivity contribution in [3.05, 3.63) is 35.0 Å². The quantitative estimate of drug-likeness (QED) is 0.389. The molecule has 0 saturated heterocycles. The summed E-state index contributed by atoms with van der Waals surface area (Å²) < 4.78 is 14.0. The molecule has 1 nitrogen and oxygen atoms in total. The number of halogens is 1. The highest BCUT2D eigenvalue weighted by Crippen LogP contribution is 2.27. The number of Topliss-reactive ketones (excluding diaryl/α,β-unsaturated/α-hetero) is 1. The topological polar surface area (TPSA) is 17.1 Å². The van der Waals surface area contributed by atoms with Crippen LogP contribution in [-0.4, -0.2) is 5.78 Å². The van der Waals surface area contributed by atoms with E-state index in [1.165, 1.54) is 55.6 Å². The van der Waals surface area contributed by atoms with Gasteiger partial charge in [0.15, 0.2) is 5.78 Å². The first-order valence-corrected chi connectivity index (χ1v) is 8.74. The minimum atomic E-state index is -0.240. The Morgan fingerprint density at radius 2 is 1.76 bits per heavy atom. The van der Waals surface area contributed by atoms with Gasteiger partial charge in [0.05, 0.1) is 4.88 Å². The first-order valence-electron chi connectivity index (χ1n) is 7.93. The summed E-state index contributed by atoms with van der Waals surface area (Å²) in [6.07, 6.45) is 9.12. The van der Waals surface area contributed by atoms with E-state index >= 15 is 0 Å². The highest BCUT2D eigenvalue weighted by molar-refractivity contribution is 7.20. The Labute approximate surface area is 130 Å². The zero-order valence-electron chi connectivity index (χ0n) is 12.7. The molecule has 1 heterocycles. The van der Waals surface area contributed by atoms with Crippen LogP contribution in [0.4, 0.5) is 4.39 Å². The van der Waals surface area contributed by atoms with Crippen molar-refractivity contribution in [3.63, 3.8) is 0 Å². The number of thiophene rings is 1. The summed E-state index contributed by atoms with van der Waals surface area (Å²) in [6, 6.07) is 6.58. The maximum atomic E-state index is 13.1. The molecule has 0 radical (unpaired) electrons. The van der Waals surface area contributed by atoms with Gasteiger partial charge >= 0.3 is 0 Å². The molecule has 0 aliphatic carbocycles. The van der Waals surface area contributed by atoms with E-state index in [-0.39, 0.29) is 11.6 Å². The van der Waals surface area contributed by atoms with E-state index < -0.39 is 0 Å². The van der Waals surface area contributed by atoms with Crippen molar-refractivity contribution in [3.8, 4) is 0 Å². The number of carbonyl (C=O) groups excluding carboxylic acids is 1. The molecule has 0 atom stereocenters. The predicted octanol–water partition coefficient (Wildman–Crippen LogP) is 6.36. The SMILES string of the molecule is CCCCCCCCCC(=O)c1cc2ccc(F)cc2s1. The van der Waals surface area contributed by atoms with E-state index in [1.807, 2.05) is 6.07 Å². The van der Waals surface area contributed by atoms with Crippen LogP contribution in [0.3, 0.4) is 0 Å². The molecule has 0 amide bonds. The first-order chi connectivity index (χ1) is 10.2. The largest absolute Gasteiger partial charge is 0.293 e. The van der Waals surface area contributed by atoms with E-state index in [0.717, 1.165) is 27.8 Å². The lowest BCUT2D eigenvalue weighted by molar-refractivity contribution is 0.0983. The Morgan fingerprint density at radius 1 is 1.05 bits per heavy atom. The molecular weight excluding hydrogens is 283 g/mol. The van der Waals surface area contributed by atoms with Gasteiger partial charge in [0, 0.05) is 11.1 Å². The summed E-state index contributed by atoms with van der Waals surface area (Å²) in [7, 11) is 0. The zero-order chi connectivity index (χ0) is 15.1. The molecule has 0 bridgehead atoms. The molecule has 2 rings (SSSR count). The molecule has 21 heavy (non-hydrogen) atoms. The summed E-state index contributed by atoms with van der Waals surface area (Å²) in [5.74, 6) is -0.0411. The molecule has 1 aromatic carbocycles. The Balaban J connectivity index is 1.77. The fourth-order valence-corrected chi connectivity index (χ4v) is 3.56. The smallest absolute Gasteiger partial charge is 0.172 e. The van der Waals surface area contributed by atoms with Gasteiger partial charge in [-0.1, -0.05) is 51.5 Å². The number of rotatable bonds is 9. The lowest BCUT2D eigenvalue weighted by Crippen LogP contribution is -1.95. The van der Waals surface area contributed by atoms with Crippen LogP contribution >= 0.6 is 11.3 Å². The average molecular weight is 306 g/mol. The van der Waals surface area contributed by atoms with Crippen molar-refractivity contribution < 1.29 is 9.18 Å². The Hall–Kier alpha value is -1.22. The number of benzene rings is 1. The van der Waals surface area contributed by atoms with E-state index in [1.54, 1.807) is 6.07 Å². The molecule has 0 aliphatic heterocycles. The van der Waals surface area contributed by atoms with Gasteiger partial charge in [-0.15, -0.1) is 11.3 Å². The van der Waals surface area contributed by atoms with Crippen LogP contribution in [0.25, 0.3) is 10.1 Å². The predicted molar refractivity (Wildman–Crippen MR) is 88.7 cm³/mol. The third-order valence-corrected chi connectivity index (χ3v) is 4.90. The fraction of sp³-hybridized carbons (Fsp3) is 0.500. The van der Waals surface area contributed by atoms with E-state index in [0.29, 0.717) is 6.42 Å². The van der Waals surface area contributed by atoms with Crippen LogP contribution in [0.2, 0.25) is 0 Å². The van der Waals surface area contributed by atoms with E-state index in [9.17, 15) is 9.18 Å². The molecular formula is C18H23FOS. The number of carbonyl (C=O) groups is 1. The number of hydrogen-bond acceptors (Lipinski definition) is 2. The van der Waals surface area contributed by atoms with Gasteiger partial charge in [0.25, 0.3) is 0 Å². The second-order valence-electron chi connectivity index (χ2n) is 5.59. The molecule has 0 saturated carbocycles. The Morgan fingerprint density at radius 3 is 2.52 bits per heavy atom. The van der Waals surface area contributed by atoms with Gasteiger partial charge in [0.1, 0.15) is 5.82 Å². The van der Waals surface area contributed by atoms with E-state index in [2.05, 4.69) is 6.92 Å². The van der Waals surface area contributed by atoms with Crippen molar-refractivity contribution >= 4 is 27.2 Å². The summed E-state index contributed by atoms with van der Waals surface area (Å²) in [4.78, 5) is 12.9. The summed E-state index contributed by atoms with van der Waals surface area (Å²) in [5.41, 5.74) is 0. The van der Waals surface area contributed by atoms with Crippen LogP contribution in [0.15, 0.2) is 24.3 Å². The van der Waals surface area contributed by atoms with Crippen LogP contribution in [0, 0.1) is 5.82 Å². The van der Waals surface area contributed by atoms with Gasteiger partial charge in [-0.3, -0.25) is 4.79 Å². The van der Waals surface area contributed by atoms with Gasteiger partial charge in [0.2, 0.25) is 0 Å². The van der Waals surface area contributed by atoms with Crippen LogP contribution in [-0.2, 0) is 0 Å². The van der Waals surface area contributed by atoms with Crippen molar-refractivity contribution in [1.29, 1.82) is 0 Å². The van der Waals surface area contributed by atoms with Crippen LogP contribution in [0.5, 0.6) is 0 Å². The van der Waals surface area contributed by atoms with E-state index in [4.69, 9.17) is 0 Å². The second kappa shape index (κ2) is 8.28. The molecule has 2 aromatic rings. The van der Waals surface area contributed by atoms with Crippen LogP contribution < -0.4 is 0 Å². The van der Waals surface area contributed by atoms with Crippen LogP contribution in [0.1, 0.15) is 68.0 Å². The molecule has 0 aliphatic rings. The number of fused-ring (bicyclic) bond motifs is 1. The molecule has 3 heteroatoms. The average Bonchev–Trinajstić information content (AvgIpc) is 2.89. The molecule has 114 valence electrons. The summed E-state index contributed by atoms with van der Waals surface area (Å²) in [5, 5.41) is 0.962. The highest BCUT2D eigenvalue weighted by Gasteiger charge is 2.10. The lowest BCUT2D eigenvalue weighted by atomic mass is 10.1. The Bertz CT molecular complexity index is 588. The fourth-order valence-electron chi connectivity index (χ4n) is 2.51. The van der Waals surface area contributed by atoms with Crippen molar-refractivity contribution in [2.75, 3.05) is 0 Å². The third kappa shape index (κ3) is 4.92. The monoisotopic (exact) mass is 306 g/mol. The molecule has 1 aromatic heterocycles. The highest BCUT2D eigenvalue weighted by atomic mass is 32.1. The molecule has 0 unspecified atom stereocenters. The van der Waals surface area contributed by atoms with Gasteiger partial charge < -0.3 is 0 Å². The molecule has 0 spiro atoms. The van der Waals surface area contributed by atoms with Gasteiger partial charge in [-0.05, 0) is 30.0 Å². The number of hydrogen-bond donors (Lipinski definition) is 0. The number of unbranched alkanes of at least 4 members (excludes halogenated alkanes) is 6. The second-order valence-corrected chi connectivity index (χ2v) is 6.67. The maximum Gasteiger partial charge on any atom is 0.172 e. The maximum absolute atomic E-state index is 13.1. The summed E-state index contributed by atoms with van der Waals surface area (Å²) >= 11 is 1.40. The van der Waals surface area contributed by atoms with Gasteiger partial charge in [-0.2, -0.15) is 0 Å². The first kappa shape index (κ1) is 16.2. The van der Waals surface area contributed by atoms with Crippen molar-refractivity contribution in [1.82, 2.24) is 0 Å². The molecule has 0 N–H and O–H groups in total. The normalized spacial score (nSPS) is 11.1. The lowest BCUT2D eigenvalue weighted by Gasteiger charge is -2.00. The zero-order valence-corrected chi connectivity index (χ0v) is 13.5. The molecule has 0 fully saturated rings. The van der Waals surface area contributed by atoms with Gasteiger partial charge in [-0.25, -0.2) is 4.39 Å². The minimum Gasteiger partial charge on any atom is -0.293 e. The number of ketones is 1. The standard InChI is InChI=1S/C18H23FOS/c1-2-3-4-5-6-7-8-9-16(20)18-12-14-10-11-15(19)13-17(14)21-18/h10-13H,2-9H2,1H3. The summed E-state index contributed by atoms with van der Waals surface area (Å²) in [6.45, 7) is 2.22. The third-order valence-electron chi connectivity index (χ3n) is 3.76. The minimum absolute atomic E-state index is 0.199.